The fourth-order valence-corrected chi connectivity index (χ4v) is 2.22. The first kappa shape index (κ1) is 16.9. The summed E-state index contributed by atoms with van der Waals surface area (Å²) >= 11 is 0. The zero-order valence-corrected chi connectivity index (χ0v) is 12.1. The molecule has 1 aromatic carbocycles. The Hall–Kier alpha value is -2.13. The van der Waals surface area contributed by atoms with Gasteiger partial charge in [0.2, 0.25) is 0 Å². The maximum absolute atomic E-state index is 11.8. The molecule has 0 aliphatic rings. The van der Waals surface area contributed by atoms with Gasteiger partial charge in [-0.05, 0) is 31.2 Å². The van der Waals surface area contributed by atoms with E-state index in [1.165, 1.54) is 12.1 Å². The second-order valence-corrected chi connectivity index (χ2v) is 5.72. The molecular weight excluding hydrogens is 300 g/mol. The number of hydrogen-bond donors (Lipinski definition) is 4. The van der Waals surface area contributed by atoms with Crippen LogP contribution in [0, 0.1) is 0 Å². The summed E-state index contributed by atoms with van der Waals surface area (Å²) in [6.07, 6.45) is 0. The van der Waals surface area contributed by atoms with E-state index in [1.807, 2.05) is 12.2 Å². The number of aliphatic carboxylic acids is 1. The lowest BCUT2D eigenvalue weighted by atomic mass is 10.2. The number of rotatable bonds is 7. The molecule has 9 heteroatoms. The van der Waals surface area contributed by atoms with Gasteiger partial charge in [-0.3, -0.25) is 9.35 Å². The monoisotopic (exact) mass is 316 g/mol. The highest BCUT2D eigenvalue weighted by molar-refractivity contribution is 7.85. The lowest BCUT2D eigenvalue weighted by Gasteiger charge is -2.13. The molecule has 1 rings (SSSR count). The Labute approximate surface area is 121 Å². The second-order valence-electron chi connectivity index (χ2n) is 4.22. The molecule has 21 heavy (non-hydrogen) atoms. The van der Waals surface area contributed by atoms with Gasteiger partial charge in [0, 0.05) is 17.8 Å². The van der Waals surface area contributed by atoms with Gasteiger partial charge in [0.25, 0.3) is 16.0 Å². The van der Waals surface area contributed by atoms with Gasteiger partial charge in [-0.25, -0.2) is 4.79 Å². The Morgan fingerprint density at radius 1 is 1.24 bits per heavy atom. The Kier molecular flexibility index (Phi) is 5.68. The standard InChI is InChI=1S/C12H16N2O6S/c1-2-13-9-5-3-8(4-6-9)11(15)14-10(12(16)17)7-21(18,19)20/h3-6,10,13H,2,7H2,1H3,(H,14,15)(H,16,17)(H,18,19,20). The van der Waals surface area contributed by atoms with E-state index in [-0.39, 0.29) is 5.56 Å². The first-order valence-electron chi connectivity index (χ1n) is 6.05. The van der Waals surface area contributed by atoms with Crippen LogP contribution in [0.4, 0.5) is 5.69 Å². The molecular formula is C12H16N2O6S. The summed E-state index contributed by atoms with van der Waals surface area (Å²) in [6.45, 7) is 2.62. The van der Waals surface area contributed by atoms with E-state index >= 15 is 0 Å². The molecule has 0 spiro atoms. The number of hydrogen-bond acceptors (Lipinski definition) is 5. The van der Waals surface area contributed by atoms with Crippen molar-refractivity contribution in [3.05, 3.63) is 29.8 Å². The molecule has 0 heterocycles. The molecule has 0 saturated heterocycles. The fourth-order valence-electron chi connectivity index (χ4n) is 1.57. The van der Waals surface area contributed by atoms with E-state index in [9.17, 15) is 18.0 Å². The highest BCUT2D eigenvalue weighted by Gasteiger charge is 2.26. The summed E-state index contributed by atoms with van der Waals surface area (Å²) in [5.74, 6) is -3.39. The molecule has 0 bridgehead atoms. The van der Waals surface area contributed by atoms with Crippen molar-refractivity contribution in [3.8, 4) is 0 Å². The maximum atomic E-state index is 11.8. The smallest absolute Gasteiger partial charge is 0.327 e. The Bertz CT molecular complexity index is 611. The van der Waals surface area contributed by atoms with Crippen LogP contribution in [-0.2, 0) is 14.9 Å². The average Bonchev–Trinajstić information content (AvgIpc) is 2.37. The van der Waals surface area contributed by atoms with E-state index in [0.29, 0.717) is 6.54 Å². The zero-order chi connectivity index (χ0) is 16.0. The summed E-state index contributed by atoms with van der Waals surface area (Å²) in [4.78, 5) is 22.7. The maximum Gasteiger partial charge on any atom is 0.327 e. The molecule has 0 aliphatic carbocycles. The van der Waals surface area contributed by atoms with E-state index < -0.39 is 33.8 Å². The summed E-state index contributed by atoms with van der Waals surface area (Å²) < 4.78 is 30.1. The van der Waals surface area contributed by atoms with Crippen LogP contribution < -0.4 is 10.6 Å². The number of anilines is 1. The van der Waals surface area contributed by atoms with E-state index in [1.54, 1.807) is 12.1 Å². The molecule has 116 valence electrons. The first-order chi connectivity index (χ1) is 9.73. The molecule has 4 N–H and O–H groups in total. The van der Waals surface area contributed by atoms with Crippen molar-refractivity contribution in [1.82, 2.24) is 5.32 Å². The van der Waals surface area contributed by atoms with Crippen LogP contribution in [0.2, 0.25) is 0 Å². The number of amides is 1. The second kappa shape index (κ2) is 7.04. The van der Waals surface area contributed by atoms with Gasteiger partial charge in [-0.15, -0.1) is 0 Å². The van der Waals surface area contributed by atoms with Crippen LogP contribution in [-0.4, -0.2) is 48.3 Å². The molecule has 1 amide bonds. The van der Waals surface area contributed by atoms with Gasteiger partial charge in [0.1, 0.15) is 11.8 Å². The highest BCUT2D eigenvalue weighted by Crippen LogP contribution is 2.09. The molecule has 8 nitrogen and oxygen atoms in total. The van der Waals surface area contributed by atoms with Crippen LogP contribution in [0.5, 0.6) is 0 Å². The number of carbonyl (C=O) groups excluding carboxylic acids is 1. The van der Waals surface area contributed by atoms with Crippen molar-refractivity contribution in [3.63, 3.8) is 0 Å². The Morgan fingerprint density at radius 3 is 2.24 bits per heavy atom. The van der Waals surface area contributed by atoms with Crippen LogP contribution in [0.3, 0.4) is 0 Å². The molecule has 0 radical (unpaired) electrons. The fraction of sp³-hybridized carbons (Fsp3) is 0.333. The minimum atomic E-state index is -4.52. The number of benzene rings is 1. The van der Waals surface area contributed by atoms with Crippen LogP contribution in [0.25, 0.3) is 0 Å². The van der Waals surface area contributed by atoms with Crippen molar-refractivity contribution in [2.45, 2.75) is 13.0 Å². The third-order valence-electron chi connectivity index (χ3n) is 2.51. The van der Waals surface area contributed by atoms with E-state index in [2.05, 4.69) is 5.32 Å². The van der Waals surface area contributed by atoms with E-state index in [0.717, 1.165) is 5.69 Å². The largest absolute Gasteiger partial charge is 0.480 e. The lowest BCUT2D eigenvalue weighted by molar-refractivity contribution is -0.138. The van der Waals surface area contributed by atoms with Crippen molar-refractivity contribution in [2.24, 2.45) is 0 Å². The van der Waals surface area contributed by atoms with Gasteiger partial charge in [-0.1, -0.05) is 0 Å². The summed E-state index contributed by atoms with van der Waals surface area (Å²) in [6, 6.07) is 4.49. The zero-order valence-electron chi connectivity index (χ0n) is 11.2. The molecule has 1 unspecified atom stereocenters. The number of carboxylic acid groups (broad SMARTS) is 1. The summed E-state index contributed by atoms with van der Waals surface area (Å²) in [7, 11) is -4.52. The number of nitrogens with one attached hydrogen (secondary N) is 2. The number of carbonyl (C=O) groups is 2. The van der Waals surface area contributed by atoms with Gasteiger partial charge in [-0.2, -0.15) is 8.42 Å². The van der Waals surface area contributed by atoms with Crippen LogP contribution in [0.1, 0.15) is 17.3 Å². The van der Waals surface area contributed by atoms with Crippen molar-refractivity contribution < 1.29 is 27.7 Å². The van der Waals surface area contributed by atoms with Crippen LogP contribution >= 0.6 is 0 Å². The first-order valence-corrected chi connectivity index (χ1v) is 7.66. The normalized spacial score (nSPS) is 12.5. The summed E-state index contributed by atoms with van der Waals surface area (Å²) in [5.41, 5.74) is 0.972. The average molecular weight is 316 g/mol. The molecule has 0 aromatic heterocycles. The minimum absolute atomic E-state index is 0.179. The van der Waals surface area contributed by atoms with Gasteiger partial charge in [0.05, 0.1) is 0 Å². The Morgan fingerprint density at radius 2 is 1.81 bits per heavy atom. The van der Waals surface area contributed by atoms with Crippen molar-refractivity contribution >= 4 is 27.7 Å². The molecule has 1 atom stereocenters. The third-order valence-corrected chi connectivity index (χ3v) is 3.26. The van der Waals surface area contributed by atoms with Crippen molar-refractivity contribution in [1.29, 1.82) is 0 Å². The topological polar surface area (TPSA) is 133 Å². The molecule has 0 aliphatic heterocycles. The van der Waals surface area contributed by atoms with Gasteiger partial charge < -0.3 is 15.7 Å². The number of carboxylic acids is 1. The SMILES string of the molecule is CCNc1ccc(C(=O)NC(CS(=O)(=O)O)C(=O)O)cc1. The van der Waals surface area contributed by atoms with E-state index in [4.69, 9.17) is 9.66 Å². The highest BCUT2D eigenvalue weighted by atomic mass is 32.2. The van der Waals surface area contributed by atoms with Crippen molar-refractivity contribution in [2.75, 3.05) is 17.6 Å². The van der Waals surface area contributed by atoms with Gasteiger partial charge in [0.15, 0.2) is 0 Å². The van der Waals surface area contributed by atoms with Gasteiger partial charge >= 0.3 is 5.97 Å². The third kappa shape index (κ3) is 5.79. The molecule has 0 fully saturated rings. The minimum Gasteiger partial charge on any atom is -0.480 e. The molecule has 1 aromatic rings. The predicted molar refractivity (Wildman–Crippen MR) is 75.9 cm³/mol. The quantitative estimate of drug-likeness (QED) is 0.528. The summed E-state index contributed by atoms with van der Waals surface area (Å²) in [5, 5.41) is 13.9. The van der Waals surface area contributed by atoms with Crippen LogP contribution in [0.15, 0.2) is 24.3 Å². The predicted octanol–water partition coefficient (Wildman–Crippen LogP) is 0.189. The lowest BCUT2D eigenvalue weighted by Crippen LogP contribution is -2.45. The molecule has 0 saturated carbocycles. The Balaban J connectivity index is 2.79.